The van der Waals surface area contributed by atoms with E-state index in [9.17, 15) is 23.1 Å². The molecule has 1 atom stereocenters. The Balaban J connectivity index is 0.000000260. The maximum absolute atomic E-state index is 12.3. The number of pyridine rings is 2. The van der Waals surface area contributed by atoms with Gasteiger partial charge in [0.25, 0.3) is 0 Å². The minimum atomic E-state index is -4.33. The van der Waals surface area contributed by atoms with E-state index in [-0.39, 0.29) is 38.2 Å². The van der Waals surface area contributed by atoms with Crippen molar-refractivity contribution in [2.75, 3.05) is 0 Å². The van der Waals surface area contributed by atoms with Gasteiger partial charge in [-0.2, -0.15) is 13.2 Å². The molecule has 339 valence electrons. The summed E-state index contributed by atoms with van der Waals surface area (Å²) in [4.78, 5) is 20.7. The minimum Gasteiger partial charge on any atom is -0.512 e. The topological polar surface area (TPSA) is 63.1 Å². The van der Waals surface area contributed by atoms with Crippen molar-refractivity contribution < 1.29 is 45.9 Å². The molecule has 8 heteroatoms. The molecular formula is C55H65F3IrN2O2-2. The number of ketones is 1. The second kappa shape index (κ2) is 23.9. The van der Waals surface area contributed by atoms with Crippen LogP contribution in [-0.4, -0.2) is 27.0 Å². The van der Waals surface area contributed by atoms with E-state index in [1.54, 1.807) is 6.92 Å². The molecule has 63 heavy (non-hydrogen) atoms. The Kier molecular flexibility index (Phi) is 18.7. The van der Waals surface area contributed by atoms with Crippen LogP contribution in [0.5, 0.6) is 0 Å². The Morgan fingerprint density at radius 1 is 0.667 bits per heavy atom. The van der Waals surface area contributed by atoms with Gasteiger partial charge in [-0.05, 0) is 93.2 Å². The number of allylic oxidation sites excluding steroid dienone is 2. The number of halogens is 3. The molecule has 0 bridgehead atoms. The van der Waals surface area contributed by atoms with Crippen LogP contribution in [-0.2, 0) is 24.9 Å². The van der Waals surface area contributed by atoms with E-state index in [0.29, 0.717) is 42.9 Å². The van der Waals surface area contributed by atoms with Crippen LogP contribution in [0.3, 0.4) is 0 Å². The van der Waals surface area contributed by atoms with Gasteiger partial charge in [0.2, 0.25) is 0 Å². The monoisotopic (exact) mass is 1040 g/mol. The summed E-state index contributed by atoms with van der Waals surface area (Å²) in [6.45, 7) is 24.6. The van der Waals surface area contributed by atoms with Crippen LogP contribution in [0.4, 0.5) is 13.2 Å². The molecule has 2 heterocycles. The summed E-state index contributed by atoms with van der Waals surface area (Å²) >= 11 is 0. The Morgan fingerprint density at radius 2 is 1.11 bits per heavy atom. The third-order valence-corrected chi connectivity index (χ3v) is 11.2. The molecule has 0 aliphatic rings. The summed E-state index contributed by atoms with van der Waals surface area (Å²) in [6, 6.07) is 32.0. The second-order valence-electron chi connectivity index (χ2n) is 17.3. The number of aliphatic hydroxyl groups excluding tert-OH is 1. The van der Waals surface area contributed by atoms with Crippen molar-refractivity contribution in [2.45, 2.75) is 133 Å². The minimum absolute atomic E-state index is 0. The van der Waals surface area contributed by atoms with Gasteiger partial charge in [-0.1, -0.05) is 119 Å². The van der Waals surface area contributed by atoms with Gasteiger partial charge in [-0.15, -0.1) is 69.8 Å². The van der Waals surface area contributed by atoms with Gasteiger partial charge < -0.3 is 15.1 Å². The zero-order valence-electron chi connectivity index (χ0n) is 40.9. The standard InChI is InChI=1S/C22H24N.C20H20N.C13H21F3O2.Ir/c1-14(2)17-6-7-21-18(12-17)8-9-23-22(21)20-11-16(5)10-19(13-20)15(3)4;1-13(2)16-5-6-19-17(12-16)7-8-21-20(19)18-10-14(3)9-15(4)11-18;1-4-9(5-2)11(17)7-12(18)10(6-3)8-13(14,15)16;/h6-10,12-15H,1-5H3;5-10,12-13H,1-4H3;7,9-10,18H,4-6,8H2,1-3H3;/q2*-1;;/b;;12-7-;/i9D;8D;;. The number of benzene rings is 4. The quantitative estimate of drug-likeness (QED) is 0.0754. The first kappa shape index (κ1) is 49.4. The van der Waals surface area contributed by atoms with Crippen molar-refractivity contribution in [2.24, 2.45) is 11.8 Å². The van der Waals surface area contributed by atoms with Crippen molar-refractivity contribution in [1.82, 2.24) is 9.97 Å². The molecule has 0 aliphatic heterocycles. The van der Waals surface area contributed by atoms with Crippen LogP contribution < -0.4 is 0 Å². The van der Waals surface area contributed by atoms with E-state index in [4.69, 9.17) is 2.74 Å². The van der Waals surface area contributed by atoms with Crippen LogP contribution in [0, 0.1) is 44.7 Å². The third-order valence-electron chi connectivity index (χ3n) is 11.2. The van der Waals surface area contributed by atoms with Crippen LogP contribution in [0.2, 0.25) is 0 Å². The average Bonchev–Trinajstić information content (AvgIpc) is 3.21. The molecule has 0 saturated carbocycles. The largest absolute Gasteiger partial charge is 0.512 e. The molecule has 1 radical (unpaired) electrons. The Morgan fingerprint density at radius 3 is 1.52 bits per heavy atom. The van der Waals surface area contributed by atoms with Gasteiger partial charge in [-0.25, -0.2) is 0 Å². The number of aliphatic hydroxyl groups is 1. The summed E-state index contributed by atoms with van der Waals surface area (Å²) in [5, 5.41) is 14.0. The first-order chi connectivity index (χ1) is 30.0. The van der Waals surface area contributed by atoms with Crippen LogP contribution in [0.25, 0.3) is 44.1 Å². The maximum Gasteiger partial charge on any atom is 0.389 e. The summed E-state index contributed by atoms with van der Waals surface area (Å²) < 4.78 is 52.9. The predicted molar refractivity (Wildman–Crippen MR) is 253 cm³/mol. The zero-order chi connectivity index (χ0) is 47.6. The van der Waals surface area contributed by atoms with E-state index in [1.807, 2.05) is 32.9 Å². The summed E-state index contributed by atoms with van der Waals surface area (Å²) in [5.41, 5.74) is 10.9. The summed E-state index contributed by atoms with van der Waals surface area (Å²) in [6.07, 6.45) is -2.46. The van der Waals surface area contributed by atoms with E-state index in [1.165, 1.54) is 22.3 Å². The van der Waals surface area contributed by atoms with E-state index >= 15 is 0 Å². The average molecular weight is 1040 g/mol. The molecule has 0 fully saturated rings. The van der Waals surface area contributed by atoms with E-state index < -0.39 is 24.3 Å². The molecule has 1 unspecified atom stereocenters. The molecule has 2 aromatic heterocycles. The molecule has 4 nitrogen and oxygen atoms in total. The van der Waals surface area contributed by atoms with E-state index in [2.05, 4.69) is 138 Å². The number of hydrogen-bond donors (Lipinski definition) is 1. The number of fused-ring (bicyclic) bond motifs is 2. The number of hydrogen-bond acceptors (Lipinski definition) is 4. The zero-order valence-corrected chi connectivity index (χ0v) is 41.3. The number of carbonyl (C=O) groups excluding carboxylic acids is 1. The Hall–Kier alpha value is -4.65. The second-order valence-corrected chi connectivity index (χ2v) is 17.3. The molecule has 0 aliphatic carbocycles. The fourth-order valence-electron chi connectivity index (χ4n) is 7.45. The smallest absolute Gasteiger partial charge is 0.389 e. The molecule has 1 N–H and O–H groups in total. The van der Waals surface area contributed by atoms with Gasteiger partial charge in [-0.3, -0.25) is 4.79 Å². The number of aryl methyl sites for hydroxylation is 3. The maximum atomic E-state index is 12.3. The van der Waals surface area contributed by atoms with Crippen molar-refractivity contribution in [3.63, 3.8) is 0 Å². The van der Waals surface area contributed by atoms with Crippen LogP contribution in [0.15, 0.2) is 97.0 Å². The van der Waals surface area contributed by atoms with Crippen LogP contribution >= 0.6 is 0 Å². The van der Waals surface area contributed by atoms with Crippen LogP contribution in [0.1, 0.15) is 142 Å². The number of carbonyl (C=O) groups is 1. The van der Waals surface area contributed by atoms with Crippen molar-refractivity contribution in [3.05, 3.63) is 142 Å². The third kappa shape index (κ3) is 15.0. The van der Waals surface area contributed by atoms with Gasteiger partial charge in [0, 0.05) is 50.4 Å². The summed E-state index contributed by atoms with van der Waals surface area (Å²) in [5.74, 6) is -0.597. The Labute approximate surface area is 391 Å². The van der Waals surface area contributed by atoms with Crippen molar-refractivity contribution in [3.8, 4) is 22.5 Å². The van der Waals surface area contributed by atoms with Crippen molar-refractivity contribution in [1.29, 1.82) is 0 Å². The van der Waals surface area contributed by atoms with Gasteiger partial charge in [0.15, 0.2) is 5.78 Å². The fourth-order valence-corrected chi connectivity index (χ4v) is 7.45. The normalized spacial score (nSPS) is 12.7. The number of rotatable bonds is 12. The van der Waals surface area contributed by atoms with Gasteiger partial charge >= 0.3 is 6.18 Å². The van der Waals surface area contributed by atoms with Gasteiger partial charge in [0.05, 0.1) is 14.9 Å². The number of alkyl halides is 3. The number of aromatic nitrogens is 2. The molecule has 6 aromatic rings. The fraction of sp³-hybridized carbons (Fsp3) is 0.400. The Bertz CT molecular complexity index is 2560. The first-order valence-corrected chi connectivity index (χ1v) is 21.9. The number of nitrogens with zero attached hydrogens (tertiary/aromatic N) is 2. The SMILES string of the molecule is CCC(CC)C(=O)/C=C(\O)C(CC)CC(F)(F)F.[2H]c1cc2cc(C(C)C)ccc2c(-c2[c-]c(C)cc(C(C)C)c2)n1.[2H]c1cc2cc(C(C)C)ccc2c(-c2[c-]c(C)cc(C)c2)n1.[Ir]. The first-order valence-electron chi connectivity index (χ1n) is 22.9. The molecule has 6 rings (SSSR count). The molecule has 0 saturated heterocycles. The summed E-state index contributed by atoms with van der Waals surface area (Å²) in [7, 11) is 0. The van der Waals surface area contributed by atoms with Gasteiger partial charge in [0.1, 0.15) is 0 Å². The molecular weight excluding hydrogens is 970 g/mol. The van der Waals surface area contributed by atoms with E-state index in [0.717, 1.165) is 61.3 Å². The molecule has 0 amide bonds. The molecule has 0 spiro atoms. The van der Waals surface area contributed by atoms with Crippen molar-refractivity contribution >= 4 is 27.3 Å². The predicted octanol–water partition coefficient (Wildman–Crippen LogP) is 16.1. The molecule has 4 aromatic carbocycles.